The molecule has 5 heteroatoms. The Kier molecular flexibility index (Phi) is 6.23. The van der Waals surface area contributed by atoms with Gasteiger partial charge in [0.15, 0.2) is 0 Å². The lowest BCUT2D eigenvalue weighted by Crippen LogP contribution is -2.57. The molecule has 1 aromatic carbocycles. The first-order chi connectivity index (χ1) is 15.1. The highest BCUT2D eigenvalue weighted by Gasteiger charge is 2.54. The lowest BCUT2D eigenvalue weighted by molar-refractivity contribution is -0.133. The van der Waals surface area contributed by atoms with E-state index in [0.29, 0.717) is 18.5 Å². The smallest absolute Gasteiger partial charge is 0.250 e. The zero-order valence-corrected chi connectivity index (χ0v) is 18.9. The summed E-state index contributed by atoms with van der Waals surface area (Å²) in [6.45, 7) is 4.74. The third kappa shape index (κ3) is 4.62. The van der Waals surface area contributed by atoms with Crippen LogP contribution in [0.5, 0.6) is 0 Å². The number of nitrogens with zero attached hydrogens (tertiary/aromatic N) is 3. The third-order valence-corrected chi connectivity index (χ3v) is 8.25. The van der Waals surface area contributed by atoms with Gasteiger partial charge in [0.1, 0.15) is 11.4 Å². The van der Waals surface area contributed by atoms with Gasteiger partial charge >= 0.3 is 0 Å². The molecule has 0 N–H and O–H groups in total. The van der Waals surface area contributed by atoms with Gasteiger partial charge in [-0.05, 0) is 74.6 Å². The Hall–Kier alpha value is -1.62. The van der Waals surface area contributed by atoms with E-state index in [-0.39, 0.29) is 5.82 Å². The lowest BCUT2D eigenvalue weighted by Gasteiger charge is -2.44. The SMILES string of the molecule is O=C1N(CC2CC2)CN(c2ccc(F)cc2)C12CCN(CC1CCCCCCC1)CC2. The maximum absolute atomic E-state index is 13.7. The van der Waals surface area contributed by atoms with Crippen molar-refractivity contribution in [2.45, 2.75) is 76.2 Å². The summed E-state index contributed by atoms with van der Waals surface area (Å²) in [6.07, 6.45) is 14.0. The van der Waals surface area contributed by atoms with E-state index in [4.69, 9.17) is 0 Å². The Labute approximate surface area is 186 Å². The average molecular weight is 428 g/mol. The molecule has 1 amide bonds. The summed E-state index contributed by atoms with van der Waals surface area (Å²) in [4.78, 5) is 20.7. The Bertz CT molecular complexity index is 746. The Morgan fingerprint density at radius 3 is 2.10 bits per heavy atom. The van der Waals surface area contributed by atoms with Gasteiger partial charge in [-0.15, -0.1) is 0 Å². The molecule has 170 valence electrons. The molecule has 0 unspecified atom stereocenters. The Morgan fingerprint density at radius 2 is 1.45 bits per heavy atom. The second kappa shape index (κ2) is 9.09. The van der Waals surface area contributed by atoms with E-state index >= 15 is 0 Å². The highest BCUT2D eigenvalue weighted by Crippen LogP contribution is 2.41. The van der Waals surface area contributed by atoms with Crippen LogP contribution in [0, 0.1) is 17.7 Å². The van der Waals surface area contributed by atoms with Gasteiger partial charge in [0.05, 0.1) is 6.67 Å². The van der Waals surface area contributed by atoms with E-state index in [9.17, 15) is 9.18 Å². The zero-order valence-electron chi connectivity index (χ0n) is 18.9. The number of hydrogen-bond acceptors (Lipinski definition) is 3. The maximum Gasteiger partial charge on any atom is 0.250 e. The summed E-state index contributed by atoms with van der Waals surface area (Å²) in [6, 6.07) is 6.76. The molecule has 2 heterocycles. The number of anilines is 1. The second-order valence-corrected chi connectivity index (χ2v) is 10.6. The largest absolute Gasteiger partial charge is 0.339 e. The van der Waals surface area contributed by atoms with Crippen LogP contribution in [0.1, 0.15) is 70.6 Å². The fourth-order valence-electron chi connectivity index (χ4n) is 6.16. The molecule has 2 saturated heterocycles. The van der Waals surface area contributed by atoms with Crippen molar-refractivity contribution < 1.29 is 9.18 Å². The summed E-state index contributed by atoms with van der Waals surface area (Å²) in [5, 5.41) is 0. The van der Waals surface area contributed by atoms with Gasteiger partial charge < -0.3 is 14.7 Å². The van der Waals surface area contributed by atoms with Crippen molar-refractivity contribution in [2.24, 2.45) is 11.8 Å². The monoisotopic (exact) mass is 427 g/mol. The molecule has 4 nitrogen and oxygen atoms in total. The predicted octanol–water partition coefficient (Wildman–Crippen LogP) is 5.04. The minimum Gasteiger partial charge on any atom is -0.339 e. The third-order valence-electron chi connectivity index (χ3n) is 8.25. The molecule has 0 aromatic heterocycles. The zero-order chi connectivity index (χ0) is 21.3. The van der Waals surface area contributed by atoms with Gasteiger partial charge in [0, 0.05) is 31.9 Å². The van der Waals surface area contributed by atoms with Crippen LogP contribution in [-0.4, -0.2) is 54.1 Å². The normalized spacial score (nSPS) is 25.8. The van der Waals surface area contributed by atoms with Crippen LogP contribution in [0.3, 0.4) is 0 Å². The van der Waals surface area contributed by atoms with Crippen LogP contribution in [0.4, 0.5) is 10.1 Å². The molecular formula is C26H38FN3O. The summed E-state index contributed by atoms with van der Waals surface area (Å²) in [5.74, 6) is 1.61. The van der Waals surface area contributed by atoms with Gasteiger partial charge in [-0.2, -0.15) is 0 Å². The number of halogens is 1. The van der Waals surface area contributed by atoms with Crippen LogP contribution >= 0.6 is 0 Å². The highest BCUT2D eigenvalue weighted by molar-refractivity contribution is 5.93. The molecule has 0 bridgehead atoms. The lowest BCUT2D eigenvalue weighted by atomic mass is 9.84. The topological polar surface area (TPSA) is 26.8 Å². The van der Waals surface area contributed by atoms with Gasteiger partial charge in [-0.25, -0.2) is 4.39 Å². The summed E-state index contributed by atoms with van der Waals surface area (Å²) >= 11 is 0. The minimum absolute atomic E-state index is 0.216. The molecule has 2 aliphatic heterocycles. The van der Waals surface area contributed by atoms with Crippen LogP contribution < -0.4 is 4.90 Å². The number of hydrogen-bond donors (Lipinski definition) is 0. The molecule has 1 aromatic rings. The van der Waals surface area contributed by atoms with Crippen molar-refractivity contribution in [1.82, 2.24) is 9.80 Å². The summed E-state index contributed by atoms with van der Waals surface area (Å²) in [5.41, 5.74) is 0.547. The molecule has 2 aliphatic carbocycles. The van der Waals surface area contributed by atoms with Crippen molar-refractivity contribution in [3.63, 3.8) is 0 Å². The molecular weight excluding hydrogens is 389 g/mol. The first kappa shape index (κ1) is 21.2. The van der Waals surface area contributed by atoms with Crippen LogP contribution in [-0.2, 0) is 4.79 Å². The quantitative estimate of drug-likeness (QED) is 0.659. The molecule has 31 heavy (non-hydrogen) atoms. The van der Waals surface area contributed by atoms with Crippen molar-refractivity contribution in [3.05, 3.63) is 30.1 Å². The molecule has 5 rings (SSSR count). The Morgan fingerprint density at radius 1 is 0.839 bits per heavy atom. The number of carbonyl (C=O) groups is 1. The number of carbonyl (C=O) groups excluding carboxylic acids is 1. The standard InChI is InChI=1S/C26H38FN3O/c27-23-10-12-24(13-11-23)30-20-29(19-22-8-9-22)25(31)26(30)14-16-28(17-15-26)18-21-6-4-2-1-3-5-7-21/h10-13,21-22H,1-9,14-20H2. The first-order valence-corrected chi connectivity index (χ1v) is 12.7. The van der Waals surface area contributed by atoms with E-state index in [1.54, 1.807) is 0 Å². The number of benzene rings is 1. The van der Waals surface area contributed by atoms with E-state index < -0.39 is 5.54 Å². The summed E-state index contributed by atoms with van der Waals surface area (Å²) in [7, 11) is 0. The number of likely N-dealkylation sites (tertiary alicyclic amines) is 1. The fourth-order valence-corrected chi connectivity index (χ4v) is 6.16. The molecule has 4 aliphatic rings. The number of piperidine rings is 1. The van der Waals surface area contributed by atoms with E-state index in [1.807, 2.05) is 12.1 Å². The van der Waals surface area contributed by atoms with Crippen molar-refractivity contribution in [3.8, 4) is 0 Å². The minimum atomic E-state index is -0.440. The fraction of sp³-hybridized carbons (Fsp3) is 0.731. The van der Waals surface area contributed by atoms with Gasteiger partial charge in [-0.1, -0.05) is 32.1 Å². The second-order valence-electron chi connectivity index (χ2n) is 10.6. The van der Waals surface area contributed by atoms with Crippen LogP contribution in [0.2, 0.25) is 0 Å². The van der Waals surface area contributed by atoms with Crippen LogP contribution in [0.15, 0.2) is 24.3 Å². The Balaban J connectivity index is 1.28. The van der Waals surface area contributed by atoms with E-state index in [2.05, 4.69) is 14.7 Å². The van der Waals surface area contributed by atoms with Crippen molar-refractivity contribution >= 4 is 11.6 Å². The predicted molar refractivity (Wildman–Crippen MR) is 122 cm³/mol. The van der Waals surface area contributed by atoms with Gasteiger partial charge in [0.2, 0.25) is 5.91 Å². The maximum atomic E-state index is 13.7. The average Bonchev–Trinajstić information content (AvgIpc) is 3.54. The molecule has 1 spiro atoms. The van der Waals surface area contributed by atoms with Crippen LogP contribution in [0.25, 0.3) is 0 Å². The van der Waals surface area contributed by atoms with E-state index in [1.165, 1.54) is 76.5 Å². The molecule has 0 radical (unpaired) electrons. The number of amides is 1. The molecule has 4 fully saturated rings. The summed E-state index contributed by atoms with van der Waals surface area (Å²) < 4.78 is 13.6. The molecule has 2 saturated carbocycles. The van der Waals surface area contributed by atoms with Crippen molar-refractivity contribution in [1.29, 1.82) is 0 Å². The van der Waals surface area contributed by atoms with E-state index in [0.717, 1.165) is 44.1 Å². The van der Waals surface area contributed by atoms with Crippen molar-refractivity contribution in [2.75, 3.05) is 37.7 Å². The molecule has 0 atom stereocenters. The van der Waals surface area contributed by atoms with Gasteiger partial charge in [-0.3, -0.25) is 4.79 Å². The first-order valence-electron chi connectivity index (χ1n) is 12.7. The van der Waals surface area contributed by atoms with Gasteiger partial charge in [0.25, 0.3) is 0 Å². The number of rotatable bonds is 5. The highest BCUT2D eigenvalue weighted by atomic mass is 19.1.